The summed E-state index contributed by atoms with van der Waals surface area (Å²) in [6.07, 6.45) is 2.15. The van der Waals surface area contributed by atoms with Crippen LogP contribution in [0.1, 0.15) is 43.7 Å². The summed E-state index contributed by atoms with van der Waals surface area (Å²) in [5.41, 5.74) is 1.72. The maximum atomic E-state index is 12.8. The van der Waals surface area contributed by atoms with E-state index < -0.39 is 5.92 Å². The van der Waals surface area contributed by atoms with Gasteiger partial charge in [-0.25, -0.2) is 0 Å². The van der Waals surface area contributed by atoms with E-state index in [2.05, 4.69) is 19.2 Å². The Hall–Kier alpha value is -2.33. The zero-order valence-electron chi connectivity index (χ0n) is 14.8. The summed E-state index contributed by atoms with van der Waals surface area (Å²) in [5, 5.41) is 3.41. The van der Waals surface area contributed by atoms with Crippen LogP contribution in [0, 0.1) is 0 Å². The van der Waals surface area contributed by atoms with Crippen molar-refractivity contribution in [3.63, 3.8) is 0 Å². The van der Waals surface area contributed by atoms with Crippen LogP contribution in [0.3, 0.4) is 0 Å². The van der Waals surface area contributed by atoms with E-state index in [1.54, 1.807) is 0 Å². The lowest BCUT2D eigenvalue weighted by Gasteiger charge is -2.27. The largest absolute Gasteiger partial charge is 0.464 e. The van der Waals surface area contributed by atoms with Crippen molar-refractivity contribution in [2.75, 3.05) is 13.2 Å². The van der Waals surface area contributed by atoms with Crippen molar-refractivity contribution in [1.29, 1.82) is 0 Å². The number of rotatable bonds is 7. The summed E-state index contributed by atoms with van der Waals surface area (Å²) >= 11 is 0. The maximum Gasteiger partial charge on any atom is 0.318 e. The highest BCUT2D eigenvalue weighted by molar-refractivity contribution is 5.85. The molecule has 3 rings (SSSR count). The summed E-state index contributed by atoms with van der Waals surface area (Å²) in [7, 11) is 0. The second kappa shape index (κ2) is 8.17. The Morgan fingerprint density at radius 3 is 2.16 bits per heavy atom. The second-order valence-electron chi connectivity index (χ2n) is 6.25. The molecule has 0 unspecified atom stereocenters. The molecule has 0 radical (unpaired) electrons. The number of benzene rings is 2. The number of hydrogen-bond donors (Lipinski definition) is 1. The molecule has 0 fully saturated rings. The van der Waals surface area contributed by atoms with E-state index in [-0.39, 0.29) is 5.97 Å². The summed E-state index contributed by atoms with van der Waals surface area (Å²) < 4.78 is 11.5. The summed E-state index contributed by atoms with van der Waals surface area (Å²) in [6, 6.07) is 15.8. The Balaban J connectivity index is 1.72. The molecule has 1 aliphatic rings. The molecular formula is C21H25NO3. The third-order valence-electron chi connectivity index (χ3n) is 4.68. The minimum atomic E-state index is -0.436. The van der Waals surface area contributed by atoms with Crippen molar-refractivity contribution in [2.45, 2.75) is 38.6 Å². The molecule has 1 N–H and O–H groups in total. The number of nitrogens with one attached hydrogen (secondary N) is 1. The van der Waals surface area contributed by atoms with E-state index in [1.165, 1.54) is 0 Å². The fraction of sp³-hybridized carbons (Fsp3) is 0.381. The molecule has 0 saturated heterocycles. The van der Waals surface area contributed by atoms with Gasteiger partial charge in [0, 0.05) is 23.7 Å². The predicted molar refractivity (Wildman–Crippen MR) is 98.1 cm³/mol. The Bertz CT molecular complexity index is 679. The highest BCUT2D eigenvalue weighted by atomic mass is 16.5. The molecule has 2 aromatic rings. The number of carbonyl (C=O) groups is 1. The SMILES string of the molecule is CCC(CC)NCCOC(=O)C1c2ccccc2Oc2ccccc21. The molecule has 0 bridgehead atoms. The van der Waals surface area contributed by atoms with Crippen LogP contribution in [0.4, 0.5) is 0 Å². The Morgan fingerprint density at radius 1 is 1.04 bits per heavy atom. The average Bonchev–Trinajstić information content (AvgIpc) is 2.66. The lowest BCUT2D eigenvalue weighted by Crippen LogP contribution is -2.32. The molecule has 0 aromatic heterocycles. The van der Waals surface area contributed by atoms with Gasteiger partial charge in [0.05, 0.1) is 0 Å². The molecule has 0 amide bonds. The average molecular weight is 339 g/mol. The van der Waals surface area contributed by atoms with Gasteiger partial charge in [-0.05, 0) is 25.0 Å². The van der Waals surface area contributed by atoms with E-state index in [0.717, 1.165) is 35.5 Å². The first-order valence-electron chi connectivity index (χ1n) is 9.00. The summed E-state index contributed by atoms with van der Waals surface area (Å²) in [6.45, 7) is 5.35. The molecule has 0 saturated carbocycles. The van der Waals surface area contributed by atoms with Gasteiger partial charge in [-0.15, -0.1) is 0 Å². The fourth-order valence-electron chi connectivity index (χ4n) is 3.24. The molecular weight excluding hydrogens is 314 g/mol. The highest BCUT2D eigenvalue weighted by Gasteiger charge is 2.33. The van der Waals surface area contributed by atoms with Crippen molar-refractivity contribution in [1.82, 2.24) is 5.32 Å². The zero-order chi connectivity index (χ0) is 17.6. The van der Waals surface area contributed by atoms with E-state index >= 15 is 0 Å². The van der Waals surface area contributed by atoms with Gasteiger partial charge in [-0.3, -0.25) is 4.79 Å². The number of para-hydroxylation sites is 2. The molecule has 1 aliphatic heterocycles. The highest BCUT2D eigenvalue weighted by Crippen LogP contribution is 2.44. The van der Waals surface area contributed by atoms with E-state index in [4.69, 9.17) is 9.47 Å². The molecule has 132 valence electrons. The molecule has 25 heavy (non-hydrogen) atoms. The second-order valence-corrected chi connectivity index (χ2v) is 6.25. The van der Waals surface area contributed by atoms with Gasteiger partial charge in [-0.1, -0.05) is 50.2 Å². The fourth-order valence-corrected chi connectivity index (χ4v) is 3.24. The predicted octanol–water partition coefficient (Wildman–Crippen LogP) is 4.25. The first-order chi connectivity index (χ1) is 12.2. The topological polar surface area (TPSA) is 47.6 Å². The molecule has 1 heterocycles. The third kappa shape index (κ3) is 3.85. The Morgan fingerprint density at radius 2 is 1.60 bits per heavy atom. The van der Waals surface area contributed by atoms with Crippen LogP contribution in [-0.4, -0.2) is 25.2 Å². The van der Waals surface area contributed by atoms with Crippen LogP contribution >= 0.6 is 0 Å². The number of hydrogen-bond acceptors (Lipinski definition) is 4. The van der Waals surface area contributed by atoms with Gasteiger partial charge in [0.15, 0.2) is 0 Å². The number of fused-ring (bicyclic) bond motifs is 2. The maximum absolute atomic E-state index is 12.8. The smallest absolute Gasteiger partial charge is 0.318 e. The van der Waals surface area contributed by atoms with Crippen molar-refractivity contribution < 1.29 is 14.3 Å². The van der Waals surface area contributed by atoms with Gasteiger partial charge in [0.25, 0.3) is 0 Å². The van der Waals surface area contributed by atoms with Crippen molar-refractivity contribution in [3.8, 4) is 11.5 Å². The van der Waals surface area contributed by atoms with Gasteiger partial charge in [0.2, 0.25) is 0 Å². The minimum Gasteiger partial charge on any atom is -0.464 e. The van der Waals surface area contributed by atoms with Crippen LogP contribution in [0.15, 0.2) is 48.5 Å². The van der Waals surface area contributed by atoms with Crippen LogP contribution in [-0.2, 0) is 9.53 Å². The zero-order valence-corrected chi connectivity index (χ0v) is 14.8. The Labute approximate surface area is 149 Å². The summed E-state index contributed by atoms with van der Waals surface area (Å²) in [5.74, 6) is 0.778. The first-order valence-corrected chi connectivity index (χ1v) is 9.00. The molecule has 0 atom stereocenters. The standard InChI is InChI=1S/C21H25NO3/c1-3-15(4-2)22-13-14-24-21(23)20-16-9-5-7-11-18(16)25-19-12-8-6-10-17(19)20/h5-12,15,20,22H,3-4,13-14H2,1-2H3. The van der Waals surface area contributed by atoms with Crippen molar-refractivity contribution in [3.05, 3.63) is 59.7 Å². The van der Waals surface area contributed by atoms with Crippen LogP contribution < -0.4 is 10.1 Å². The third-order valence-corrected chi connectivity index (χ3v) is 4.68. The van der Waals surface area contributed by atoms with Crippen LogP contribution in [0.2, 0.25) is 0 Å². The van der Waals surface area contributed by atoms with Crippen molar-refractivity contribution in [2.24, 2.45) is 0 Å². The van der Waals surface area contributed by atoms with E-state index in [1.807, 2.05) is 48.5 Å². The molecule has 4 heteroatoms. The van der Waals surface area contributed by atoms with Crippen LogP contribution in [0.5, 0.6) is 11.5 Å². The van der Waals surface area contributed by atoms with Gasteiger partial charge in [-0.2, -0.15) is 0 Å². The van der Waals surface area contributed by atoms with E-state index in [0.29, 0.717) is 19.2 Å². The van der Waals surface area contributed by atoms with E-state index in [9.17, 15) is 4.79 Å². The first kappa shape index (κ1) is 17.5. The monoisotopic (exact) mass is 339 g/mol. The lowest BCUT2D eigenvalue weighted by atomic mass is 9.88. The normalized spacial score (nSPS) is 13.1. The number of esters is 1. The van der Waals surface area contributed by atoms with Gasteiger partial charge >= 0.3 is 5.97 Å². The van der Waals surface area contributed by atoms with Crippen LogP contribution in [0.25, 0.3) is 0 Å². The number of carbonyl (C=O) groups excluding carboxylic acids is 1. The minimum absolute atomic E-state index is 0.227. The quantitative estimate of drug-likeness (QED) is 0.605. The van der Waals surface area contributed by atoms with Gasteiger partial charge in [0.1, 0.15) is 24.0 Å². The van der Waals surface area contributed by atoms with Crippen molar-refractivity contribution >= 4 is 5.97 Å². The molecule has 0 aliphatic carbocycles. The van der Waals surface area contributed by atoms with Gasteiger partial charge < -0.3 is 14.8 Å². The molecule has 4 nitrogen and oxygen atoms in total. The summed E-state index contributed by atoms with van der Waals surface area (Å²) in [4.78, 5) is 12.8. The lowest BCUT2D eigenvalue weighted by molar-refractivity contribution is -0.144. The molecule has 0 spiro atoms. The number of ether oxygens (including phenoxy) is 2. The molecule has 2 aromatic carbocycles. The Kier molecular flexibility index (Phi) is 5.71.